The van der Waals surface area contributed by atoms with Crippen molar-refractivity contribution in [1.29, 1.82) is 0 Å². The van der Waals surface area contributed by atoms with E-state index in [1.165, 1.54) is 11.6 Å². The van der Waals surface area contributed by atoms with Crippen molar-refractivity contribution in [3.63, 3.8) is 0 Å². The molecule has 1 atom stereocenters. The Bertz CT molecular complexity index is 613. The fourth-order valence-electron chi connectivity index (χ4n) is 2.61. The monoisotopic (exact) mass is 274 g/mol. The Hall–Kier alpha value is -1.94. The molecule has 0 spiro atoms. The summed E-state index contributed by atoms with van der Waals surface area (Å²) < 4.78 is 27.0. The molecule has 0 aromatic heterocycles. The van der Waals surface area contributed by atoms with Gasteiger partial charge in [0.1, 0.15) is 11.6 Å². The summed E-state index contributed by atoms with van der Waals surface area (Å²) in [5.41, 5.74) is 2.55. The highest BCUT2D eigenvalue weighted by Crippen LogP contribution is 2.28. The summed E-state index contributed by atoms with van der Waals surface area (Å²) in [5.74, 6) is -0.866. The normalized spacial score (nSPS) is 18.2. The van der Waals surface area contributed by atoms with Crippen LogP contribution in [0.4, 0.5) is 14.5 Å². The van der Waals surface area contributed by atoms with Crippen LogP contribution < -0.4 is 10.6 Å². The second-order valence-electron chi connectivity index (χ2n) is 4.99. The van der Waals surface area contributed by atoms with Crippen LogP contribution in [-0.2, 0) is 6.54 Å². The van der Waals surface area contributed by atoms with Crippen molar-refractivity contribution in [2.75, 3.05) is 11.9 Å². The van der Waals surface area contributed by atoms with E-state index in [9.17, 15) is 8.78 Å². The Morgan fingerprint density at radius 1 is 1.10 bits per heavy atom. The molecule has 0 saturated heterocycles. The second-order valence-corrected chi connectivity index (χ2v) is 4.99. The van der Waals surface area contributed by atoms with Gasteiger partial charge in [0.25, 0.3) is 0 Å². The minimum atomic E-state index is -0.436. The van der Waals surface area contributed by atoms with Gasteiger partial charge >= 0.3 is 0 Å². The van der Waals surface area contributed by atoms with E-state index in [0.717, 1.165) is 37.2 Å². The van der Waals surface area contributed by atoms with E-state index in [1.54, 1.807) is 0 Å². The summed E-state index contributed by atoms with van der Waals surface area (Å²) >= 11 is 0. The van der Waals surface area contributed by atoms with E-state index < -0.39 is 11.6 Å². The third-order valence-corrected chi connectivity index (χ3v) is 3.61. The summed E-state index contributed by atoms with van der Waals surface area (Å²) in [7, 11) is 0. The van der Waals surface area contributed by atoms with Gasteiger partial charge in [0.05, 0.1) is 11.7 Å². The van der Waals surface area contributed by atoms with Gasteiger partial charge < -0.3 is 10.6 Å². The van der Waals surface area contributed by atoms with Crippen molar-refractivity contribution in [2.45, 2.75) is 19.0 Å². The van der Waals surface area contributed by atoms with Gasteiger partial charge in [0, 0.05) is 6.54 Å². The first-order valence-corrected chi connectivity index (χ1v) is 6.74. The summed E-state index contributed by atoms with van der Waals surface area (Å²) in [4.78, 5) is 0. The lowest BCUT2D eigenvalue weighted by molar-refractivity contribution is 0.593. The first kappa shape index (κ1) is 13.1. The Kier molecular flexibility index (Phi) is 3.65. The van der Waals surface area contributed by atoms with E-state index in [1.807, 2.05) is 18.2 Å². The van der Waals surface area contributed by atoms with Gasteiger partial charge in [-0.3, -0.25) is 0 Å². The van der Waals surface area contributed by atoms with Gasteiger partial charge in [-0.2, -0.15) is 0 Å². The first-order valence-electron chi connectivity index (χ1n) is 6.74. The molecule has 2 aromatic rings. The molecule has 1 heterocycles. The molecule has 20 heavy (non-hydrogen) atoms. The Morgan fingerprint density at radius 2 is 1.95 bits per heavy atom. The molecule has 0 aliphatic carbocycles. The number of hydrogen-bond acceptors (Lipinski definition) is 2. The molecule has 1 aliphatic rings. The standard InChI is InChI=1S/C16H16F2N2/c17-12-5-6-14(18)16(9-12)20-15-7-8-19-10-11-3-1-2-4-13(11)15/h1-6,9,15,19-20H,7-8,10H2. The number of benzene rings is 2. The second kappa shape index (κ2) is 5.59. The van der Waals surface area contributed by atoms with Crippen LogP contribution in [0, 0.1) is 11.6 Å². The van der Waals surface area contributed by atoms with E-state index >= 15 is 0 Å². The largest absolute Gasteiger partial charge is 0.376 e. The van der Waals surface area contributed by atoms with Crippen LogP contribution >= 0.6 is 0 Å². The Labute approximate surface area is 116 Å². The van der Waals surface area contributed by atoms with Crippen molar-refractivity contribution in [2.24, 2.45) is 0 Å². The fraction of sp³-hybridized carbons (Fsp3) is 0.250. The van der Waals surface area contributed by atoms with Crippen LogP contribution in [0.15, 0.2) is 42.5 Å². The molecule has 0 fully saturated rings. The number of hydrogen-bond donors (Lipinski definition) is 2. The van der Waals surface area contributed by atoms with Crippen LogP contribution in [0.2, 0.25) is 0 Å². The zero-order chi connectivity index (χ0) is 13.9. The van der Waals surface area contributed by atoms with Gasteiger partial charge in [-0.25, -0.2) is 8.78 Å². The zero-order valence-corrected chi connectivity index (χ0v) is 11.0. The van der Waals surface area contributed by atoms with E-state index in [-0.39, 0.29) is 11.7 Å². The summed E-state index contributed by atoms with van der Waals surface area (Å²) in [6.45, 7) is 1.64. The molecular weight excluding hydrogens is 258 g/mol. The topological polar surface area (TPSA) is 24.1 Å². The molecule has 2 aromatic carbocycles. The molecule has 1 aliphatic heterocycles. The zero-order valence-electron chi connectivity index (χ0n) is 11.0. The van der Waals surface area contributed by atoms with Crippen molar-refractivity contribution >= 4 is 5.69 Å². The molecule has 0 bridgehead atoms. The van der Waals surface area contributed by atoms with Crippen molar-refractivity contribution < 1.29 is 8.78 Å². The maximum atomic E-state index is 13.8. The smallest absolute Gasteiger partial charge is 0.146 e. The van der Waals surface area contributed by atoms with E-state index in [2.05, 4.69) is 16.7 Å². The molecule has 2 N–H and O–H groups in total. The molecule has 0 radical (unpaired) electrons. The van der Waals surface area contributed by atoms with Crippen molar-refractivity contribution in [3.05, 3.63) is 65.2 Å². The summed E-state index contributed by atoms with van der Waals surface area (Å²) in [6, 6.07) is 11.5. The number of anilines is 1. The Morgan fingerprint density at radius 3 is 2.85 bits per heavy atom. The minimum Gasteiger partial charge on any atom is -0.376 e. The highest BCUT2D eigenvalue weighted by molar-refractivity contribution is 5.48. The molecular formula is C16H16F2N2. The van der Waals surface area contributed by atoms with Crippen LogP contribution in [0.3, 0.4) is 0 Å². The maximum absolute atomic E-state index is 13.8. The number of fused-ring (bicyclic) bond motifs is 1. The average Bonchev–Trinajstić information content (AvgIpc) is 2.66. The highest BCUT2D eigenvalue weighted by atomic mass is 19.1. The predicted octanol–water partition coefficient (Wildman–Crippen LogP) is 3.61. The average molecular weight is 274 g/mol. The Balaban J connectivity index is 1.92. The van der Waals surface area contributed by atoms with Crippen LogP contribution in [0.5, 0.6) is 0 Å². The SMILES string of the molecule is Fc1ccc(F)c(NC2CCNCc3ccccc32)c1. The van der Waals surface area contributed by atoms with Crippen molar-refractivity contribution in [1.82, 2.24) is 5.32 Å². The van der Waals surface area contributed by atoms with Gasteiger partial charge in [-0.15, -0.1) is 0 Å². The lowest BCUT2D eigenvalue weighted by Crippen LogP contribution is -2.15. The molecule has 0 amide bonds. The number of halogens is 2. The van der Waals surface area contributed by atoms with E-state index in [4.69, 9.17) is 0 Å². The number of nitrogens with one attached hydrogen (secondary N) is 2. The molecule has 4 heteroatoms. The lowest BCUT2D eigenvalue weighted by atomic mass is 9.99. The van der Waals surface area contributed by atoms with E-state index in [0.29, 0.717) is 0 Å². The van der Waals surface area contributed by atoms with Gasteiger partial charge in [-0.05, 0) is 42.3 Å². The van der Waals surface area contributed by atoms with Gasteiger partial charge in [-0.1, -0.05) is 24.3 Å². The lowest BCUT2D eigenvalue weighted by Gasteiger charge is -2.20. The van der Waals surface area contributed by atoms with Gasteiger partial charge in [0.15, 0.2) is 0 Å². The predicted molar refractivity (Wildman–Crippen MR) is 75.5 cm³/mol. The fourth-order valence-corrected chi connectivity index (χ4v) is 2.61. The molecule has 0 saturated carbocycles. The maximum Gasteiger partial charge on any atom is 0.146 e. The van der Waals surface area contributed by atoms with Crippen molar-refractivity contribution in [3.8, 4) is 0 Å². The first-order chi connectivity index (χ1) is 9.74. The van der Waals surface area contributed by atoms with Crippen LogP contribution in [-0.4, -0.2) is 6.54 Å². The van der Waals surface area contributed by atoms with Crippen LogP contribution in [0.25, 0.3) is 0 Å². The minimum absolute atomic E-state index is 0.0162. The molecule has 1 unspecified atom stereocenters. The molecule has 104 valence electrons. The quantitative estimate of drug-likeness (QED) is 0.874. The van der Waals surface area contributed by atoms with Gasteiger partial charge in [0.2, 0.25) is 0 Å². The molecule has 2 nitrogen and oxygen atoms in total. The molecule has 3 rings (SSSR count). The highest BCUT2D eigenvalue weighted by Gasteiger charge is 2.19. The number of rotatable bonds is 2. The summed E-state index contributed by atoms with van der Waals surface area (Å²) in [5, 5.41) is 6.47. The third kappa shape index (κ3) is 2.65. The van der Waals surface area contributed by atoms with Crippen LogP contribution in [0.1, 0.15) is 23.6 Å². The summed E-state index contributed by atoms with van der Waals surface area (Å²) in [6.07, 6.45) is 0.826. The third-order valence-electron chi connectivity index (χ3n) is 3.61.